The Morgan fingerprint density at radius 3 is 2.00 bits per heavy atom. The van der Waals surface area contributed by atoms with Gasteiger partial charge in [-0.15, -0.1) is 0 Å². The van der Waals surface area contributed by atoms with Crippen LogP contribution in [0.3, 0.4) is 0 Å². The Bertz CT molecular complexity index is 281. The molecule has 0 N–H and O–H groups in total. The molecule has 0 nitrogen and oxygen atoms in total. The SMILES string of the molecule is BrC1[C@H](c2ccccc2)C1(Br)Br. The van der Waals surface area contributed by atoms with E-state index in [-0.39, 0.29) is 3.23 Å². The molecule has 0 heterocycles. The molecule has 0 aliphatic heterocycles. The maximum Gasteiger partial charge on any atom is 0.102 e. The second kappa shape index (κ2) is 3.10. The fraction of sp³-hybridized carbons (Fsp3) is 0.333. The molecule has 0 aromatic heterocycles. The van der Waals surface area contributed by atoms with Gasteiger partial charge in [-0.3, -0.25) is 0 Å². The van der Waals surface area contributed by atoms with Crippen molar-refractivity contribution in [2.24, 2.45) is 0 Å². The fourth-order valence-corrected chi connectivity index (χ4v) is 4.23. The van der Waals surface area contributed by atoms with Crippen LogP contribution >= 0.6 is 47.8 Å². The standard InChI is InChI=1S/C9H7Br3/c10-8-7(9(8,11)12)6-4-2-1-3-5-6/h1-5,7-8H/t7-,8?/m0/s1. The molecule has 3 heteroatoms. The number of rotatable bonds is 1. The summed E-state index contributed by atoms with van der Waals surface area (Å²) in [6.45, 7) is 0. The van der Waals surface area contributed by atoms with Crippen LogP contribution in [0.15, 0.2) is 30.3 Å². The van der Waals surface area contributed by atoms with Gasteiger partial charge in [0.15, 0.2) is 0 Å². The molecule has 0 amide bonds. The van der Waals surface area contributed by atoms with Crippen LogP contribution in [0.2, 0.25) is 0 Å². The van der Waals surface area contributed by atoms with Crippen molar-refractivity contribution in [2.75, 3.05) is 0 Å². The summed E-state index contributed by atoms with van der Waals surface area (Å²) in [6.07, 6.45) is 0. The summed E-state index contributed by atoms with van der Waals surface area (Å²) in [5.41, 5.74) is 1.37. The van der Waals surface area contributed by atoms with Crippen molar-refractivity contribution >= 4 is 47.8 Å². The van der Waals surface area contributed by atoms with E-state index in [1.807, 2.05) is 6.07 Å². The van der Waals surface area contributed by atoms with Gasteiger partial charge in [-0.2, -0.15) is 0 Å². The van der Waals surface area contributed by atoms with Crippen molar-refractivity contribution < 1.29 is 0 Å². The molecule has 12 heavy (non-hydrogen) atoms. The molecule has 0 spiro atoms. The van der Waals surface area contributed by atoms with Crippen molar-refractivity contribution in [1.82, 2.24) is 0 Å². The zero-order chi connectivity index (χ0) is 8.77. The predicted octanol–water partition coefficient (Wildman–Crippen LogP) is 4.03. The van der Waals surface area contributed by atoms with Gasteiger partial charge in [0.05, 0.1) is 0 Å². The number of halogens is 3. The van der Waals surface area contributed by atoms with Crippen molar-refractivity contribution in [3.63, 3.8) is 0 Å². The van der Waals surface area contributed by atoms with Crippen LogP contribution in [0.4, 0.5) is 0 Å². The van der Waals surface area contributed by atoms with Crippen LogP contribution in [0, 0.1) is 0 Å². The minimum atomic E-state index is 0.0708. The Balaban J connectivity index is 2.25. The van der Waals surface area contributed by atoms with Gasteiger partial charge < -0.3 is 0 Å². The molecule has 1 aliphatic rings. The molecule has 1 aromatic carbocycles. The van der Waals surface area contributed by atoms with Gasteiger partial charge >= 0.3 is 0 Å². The second-order valence-electron chi connectivity index (χ2n) is 2.96. The first-order valence-electron chi connectivity index (χ1n) is 3.71. The highest BCUT2D eigenvalue weighted by atomic mass is 79.9. The van der Waals surface area contributed by atoms with Crippen LogP contribution in [-0.4, -0.2) is 8.06 Å². The fourth-order valence-electron chi connectivity index (χ4n) is 1.34. The Labute approximate surface area is 97.1 Å². The van der Waals surface area contributed by atoms with Gasteiger partial charge in [-0.1, -0.05) is 78.1 Å². The van der Waals surface area contributed by atoms with E-state index in [1.165, 1.54) is 5.56 Å². The van der Waals surface area contributed by atoms with Crippen LogP contribution < -0.4 is 0 Å². The molecule has 1 saturated carbocycles. The maximum absolute atomic E-state index is 3.62. The summed E-state index contributed by atoms with van der Waals surface area (Å²) >= 11 is 10.9. The van der Waals surface area contributed by atoms with E-state index in [4.69, 9.17) is 0 Å². The van der Waals surface area contributed by atoms with Crippen molar-refractivity contribution in [3.05, 3.63) is 35.9 Å². The lowest BCUT2D eigenvalue weighted by molar-refractivity contribution is 1.14. The van der Waals surface area contributed by atoms with Crippen molar-refractivity contribution in [2.45, 2.75) is 14.0 Å². The molecular weight excluding hydrogens is 348 g/mol. The summed E-state index contributed by atoms with van der Waals surface area (Å²) < 4.78 is 0.0708. The summed E-state index contributed by atoms with van der Waals surface area (Å²) in [5, 5.41) is 0. The number of alkyl halides is 3. The van der Waals surface area contributed by atoms with Crippen molar-refractivity contribution in [3.8, 4) is 0 Å². The van der Waals surface area contributed by atoms with Gasteiger partial charge in [0.25, 0.3) is 0 Å². The highest BCUT2D eigenvalue weighted by Crippen LogP contribution is 2.65. The minimum Gasteiger partial charge on any atom is -0.0858 e. The molecule has 2 rings (SSSR count). The molecule has 1 unspecified atom stereocenters. The monoisotopic (exact) mass is 352 g/mol. The molecule has 1 fully saturated rings. The first-order chi connectivity index (χ1) is 5.64. The molecule has 0 radical (unpaired) electrons. The quantitative estimate of drug-likeness (QED) is 0.668. The minimum absolute atomic E-state index is 0.0708. The zero-order valence-electron chi connectivity index (χ0n) is 6.18. The Morgan fingerprint density at radius 1 is 1.08 bits per heavy atom. The molecular formula is C9H7Br3. The Morgan fingerprint density at radius 2 is 1.58 bits per heavy atom. The first kappa shape index (κ1) is 9.22. The van der Waals surface area contributed by atoms with E-state index in [9.17, 15) is 0 Å². The van der Waals surface area contributed by atoms with Gasteiger partial charge in [0, 0.05) is 10.7 Å². The third-order valence-corrected chi connectivity index (χ3v) is 6.58. The van der Waals surface area contributed by atoms with Gasteiger partial charge in [0.2, 0.25) is 0 Å². The lowest BCUT2D eigenvalue weighted by atomic mass is 10.1. The summed E-state index contributed by atoms with van der Waals surface area (Å²) in [6, 6.07) is 10.5. The van der Waals surface area contributed by atoms with Crippen LogP contribution in [0.5, 0.6) is 0 Å². The number of hydrogen-bond donors (Lipinski definition) is 0. The predicted molar refractivity (Wildman–Crippen MR) is 62.5 cm³/mol. The molecule has 64 valence electrons. The third kappa shape index (κ3) is 1.40. The average Bonchev–Trinajstić information content (AvgIpc) is 2.53. The van der Waals surface area contributed by atoms with E-state index < -0.39 is 0 Å². The number of benzene rings is 1. The van der Waals surface area contributed by atoms with E-state index in [1.54, 1.807) is 0 Å². The summed E-state index contributed by atoms with van der Waals surface area (Å²) in [7, 11) is 0. The average molecular weight is 355 g/mol. The smallest absolute Gasteiger partial charge is 0.0858 e. The van der Waals surface area contributed by atoms with Crippen LogP contribution in [-0.2, 0) is 0 Å². The molecule has 0 saturated heterocycles. The van der Waals surface area contributed by atoms with Crippen LogP contribution in [0.25, 0.3) is 0 Å². The van der Waals surface area contributed by atoms with E-state index in [0.717, 1.165) is 0 Å². The summed E-state index contributed by atoms with van der Waals surface area (Å²) in [5.74, 6) is 0.540. The normalized spacial score (nSPS) is 31.6. The highest BCUT2D eigenvalue weighted by Gasteiger charge is 2.61. The van der Waals surface area contributed by atoms with E-state index in [0.29, 0.717) is 10.7 Å². The van der Waals surface area contributed by atoms with Crippen molar-refractivity contribution in [1.29, 1.82) is 0 Å². The van der Waals surface area contributed by atoms with Gasteiger partial charge in [0.1, 0.15) is 3.23 Å². The van der Waals surface area contributed by atoms with Gasteiger partial charge in [-0.05, 0) is 5.56 Å². The second-order valence-corrected chi connectivity index (χ2v) is 7.64. The topological polar surface area (TPSA) is 0 Å². The molecule has 2 atom stereocenters. The highest BCUT2D eigenvalue weighted by molar-refractivity contribution is 9.26. The summed E-state index contributed by atoms with van der Waals surface area (Å²) in [4.78, 5) is 0.493. The maximum atomic E-state index is 3.62. The third-order valence-electron chi connectivity index (χ3n) is 2.12. The lowest BCUT2D eigenvalue weighted by Crippen LogP contribution is -1.87. The van der Waals surface area contributed by atoms with E-state index >= 15 is 0 Å². The number of hydrogen-bond acceptors (Lipinski definition) is 0. The van der Waals surface area contributed by atoms with Crippen LogP contribution in [0.1, 0.15) is 11.5 Å². The molecule has 0 bridgehead atoms. The Kier molecular flexibility index (Phi) is 2.39. The molecule has 1 aromatic rings. The molecule has 1 aliphatic carbocycles. The first-order valence-corrected chi connectivity index (χ1v) is 6.21. The zero-order valence-corrected chi connectivity index (χ0v) is 10.9. The Hall–Kier alpha value is 0.660. The van der Waals surface area contributed by atoms with E-state index in [2.05, 4.69) is 72.1 Å². The largest absolute Gasteiger partial charge is 0.102 e. The van der Waals surface area contributed by atoms with Gasteiger partial charge in [-0.25, -0.2) is 0 Å². The lowest BCUT2D eigenvalue weighted by Gasteiger charge is -1.98.